The summed E-state index contributed by atoms with van der Waals surface area (Å²) < 4.78 is 0. The smallest absolute Gasteiger partial charge is 0.258 e. The van der Waals surface area contributed by atoms with Crippen molar-refractivity contribution in [3.8, 4) is 0 Å². The summed E-state index contributed by atoms with van der Waals surface area (Å²) in [6.07, 6.45) is 2.79. The highest BCUT2D eigenvalue weighted by atomic mass is 16.1. The van der Waals surface area contributed by atoms with E-state index in [1.165, 1.54) is 16.5 Å². The SMILES string of the molecule is CC(C)c1ccc(NC(=NCCc2c[nH]c3ccccc23)NC(=O)c2cccc(N(C)C)c2)cc1. The van der Waals surface area contributed by atoms with Gasteiger partial charge in [-0.2, -0.15) is 0 Å². The Kier molecular flexibility index (Phi) is 7.51. The number of fused-ring (bicyclic) bond motifs is 1. The third kappa shape index (κ3) is 6.09. The minimum absolute atomic E-state index is 0.203. The summed E-state index contributed by atoms with van der Waals surface area (Å²) in [6, 6.07) is 24.0. The number of nitrogens with one attached hydrogen (secondary N) is 3. The van der Waals surface area contributed by atoms with E-state index in [1.807, 2.05) is 73.7 Å². The molecule has 180 valence electrons. The average molecular weight is 468 g/mol. The summed E-state index contributed by atoms with van der Waals surface area (Å²) >= 11 is 0. The monoisotopic (exact) mass is 467 g/mol. The van der Waals surface area contributed by atoms with E-state index in [-0.39, 0.29) is 5.91 Å². The summed E-state index contributed by atoms with van der Waals surface area (Å²) in [5, 5.41) is 7.48. The molecule has 1 aromatic heterocycles. The van der Waals surface area contributed by atoms with E-state index >= 15 is 0 Å². The Morgan fingerprint density at radius 1 is 1.00 bits per heavy atom. The van der Waals surface area contributed by atoms with E-state index in [2.05, 4.69) is 53.7 Å². The fourth-order valence-corrected chi connectivity index (χ4v) is 3.93. The Balaban J connectivity index is 1.53. The molecule has 35 heavy (non-hydrogen) atoms. The highest BCUT2D eigenvalue weighted by Gasteiger charge is 2.11. The van der Waals surface area contributed by atoms with E-state index in [9.17, 15) is 4.79 Å². The van der Waals surface area contributed by atoms with Gasteiger partial charge in [0.2, 0.25) is 5.96 Å². The van der Waals surface area contributed by atoms with Crippen LogP contribution in [0, 0.1) is 0 Å². The molecule has 4 rings (SSSR count). The van der Waals surface area contributed by atoms with E-state index in [4.69, 9.17) is 4.99 Å². The van der Waals surface area contributed by atoms with Gasteiger partial charge >= 0.3 is 0 Å². The predicted octanol–water partition coefficient (Wildman–Crippen LogP) is 5.80. The molecule has 6 nitrogen and oxygen atoms in total. The number of hydrogen-bond acceptors (Lipinski definition) is 3. The highest BCUT2D eigenvalue weighted by molar-refractivity contribution is 6.10. The maximum atomic E-state index is 13.1. The summed E-state index contributed by atoms with van der Waals surface area (Å²) in [4.78, 5) is 23.1. The number of aromatic amines is 1. The summed E-state index contributed by atoms with van der Waals surface area (Å²) in [5.41, 5.74) is 6.00. The van der Waals surface area contributed by atoms with Gasteiger partial charge < -0.3 is 15.2 Å². The maximum Gasteiger partial charge on any atom is 0.258 e. The van der Waals surface area contributed by atoms with Crippen LogP contribution in [0.3, 0.4) is 0 Å². The third-order valence-electron chi connectivity index (χ3n) is 6.02. The van der Waals surface area contributed by atoms with Gasteiger partial charge in [-0.1, -0.05) is 50.2 Å². The standard InChI is InChI=1S/C29H33N5O/c1-20(2)21-12-14-24(15-13-21)32-29(33-28(35)22-8-7-9-25(18-22)34(3)4)30-17-16-23-19-31-27-11-6-5-10-26(23)27/h5-15,18-20,31H,16-17H2,1-4H3,(H2,30,32,33,35). The lowest BCUT2D eigenvalue weighted by atomic mass is 10.0. The second-order valence-electron chi connectivity index (χ2n) is 9.14. The molecule has 0 fully saturated rings. The van der Waals surface area contributed by atoms with Crippen LogP contribution in [0.15, 0.2) is 84.0 Å². The van der Waals surface area contributed by atoms with Gasteiger partial charge in [0.1, 0.15) is 0 Å². The Hall–Kier alpha value is -4.06. The van der Waals surface area contributed by atoms with Crippen LogP contribution >= 0.6 is 0 Å². The number of nitrogens with zero attached hydrogens (tertiary/aromatic N) is 2. The molecule has 0 saturated heterocycles. The summed E-state index contributed by atoms with van der Waals surface area (Å²) in [5.74, 6) is 0.685. The molecular weight excluding hydrogens is 434 g/mol. The fraction of sp³-hybridized carbons (Fsp3) is 0.241. The number of hydrogen-bond donors (Lipinski definition) is 3. The number of aromatic nitrogens is 1. The Morgan fingerprint density at radius 3 is 2.51 bits per heavy atom. The average Bonchev–Trinajstić information content (AvgIpc) is 3.27. The van der Waals surface area contributed by atoms with Crippen LogP contribution in [0.5, 0.6) is 0 Å². The molecule has 0 unspecified atom stereocenters. The van der Waals surface area contributed by atoms with Gasteiger partial charge in [0.15, 0.2) is 0 Å². The van der Waals surface area contributed by atoms with Gasteiger partial charge in [0.25, 0.3) is 5.91 Å². The van der Waals surface area contributed by atoms with Crippen molar-refractivity contribution in [2.75, 3.05) is 30.9 Å². The van der Waals surface area contributed by atoms with Crippen molar-refractivity contribution in [1.29, 1.82) is 0 Å². The number of H-pyrrole nitrogens is 1. The van der Waals surface area contributed by atoms with E-state index in [0.717, 1.165) is 23.3 Å². The first kappa shape index (κ1) is 24.1. The van der Waals surface area contributed by atoms with Crippen LogP contribution in [0.4, 0.5) is 11.4 Å². The number of amides is 1. The van der Waals surface area contributed by atoms with Gasteiger partial charge in [-0.25, -0.2) is 0 Å². The van der Waals surface area contributed by atoms with E-state index < -0.39 is 0 Å². The Labute approximate surface area is 207 Å². The van der Waals surface area contributed by atoms with Gasteiger partial charge in [0.05, 0.1) is 0 Å². The molecule has 0 saturated carbocycles. The van der Waals surface area contributed by atoms with Crippen molar-refractivity contribution < 1.29 is 4.79 Å². The minimum atomic E-state index is -0.203. The molecule has 0 aliphatic carbocycles. The molecule has 3 aromatic carbocycles. The zero-order chi connectivity index (χ0) is 24.8. The zero-order valence-electron chi connectivity index (χ0n) is 20.8. The lowest BCUT2D eigenvalue weighted by Crippen LogP contribution is -2.36. The fourth-order valence-electron chi connectivity index (χ4n) is 3.93. The number of rotatable bonds is 7. The van der Waals surface area contributed by atoms with Crippen molar-refractivity contribution in [3.05, 3.63) is 95.7 Å². The number of carbonyl (C=O) groups excluding carboxylic acids is 1. The van der Waals surface area contributed by atoms with Gasteiger partial charge in [-0.3, -0.25) is 15.1 Å². The van der Waals surface area contributed by atoms with Crippen molar-refractivity contribution in [3.63, 3.8) is 0 Å². The van der Waals surface area contributed by atoms with Crippen molar-refractivity contribution >= 4 is 34.1 Å². The van der Waals surface area contributed by atoms with Gasteiger partial charge in [-0.15, -0.1) is 0 Å². The predicted molar refractivity (Wildman–Crippen MR) is 147 cm³/mol. The number of benzene rings is 3. The molecule has 0 atom stereocenters. The third-order valence-corrected chi connectivity index (χ3v) is 6.02. The zero-order valence-corrected chi connectivity index (χ0v) is 20.8. The maximum absolute atomic E-state index is 13.1. The van der Waals surface area contributed by atoms with Crippen LogP contribution in [-0.4, -0.2) is 37.5 Å². The lowest BCUT2D eigenvalue weighted by Gasteiger charge is -2.15. The number of carbonyl (C=O) groups is 1. The van der Waals surface area contributed by atoms with E-state index in [1.54, 1.807) is 0 Å². The second kappa shape index (κ2) is 10.9. The molecule has 6 heteroatoms. The number of guanidine groups is 1. The van der Waals surface area contributed by atoms with Gasteiger partial charge in [-0.05, 0) is 59.9 Å². The Bertz CT molecular complexity index is 1320. The van der Waals surface area contributed by atoms with Crippen molar-refractivity contribution in [2.45, 2.75) is 26.2 Å². The lowest BCUT2D eigenvalue weighted by molar-refractivity contribution is 0.0977. The van der Waals surface area contributed by atoms with E-state index in [0.29, 0.717) is 24.0 Å². The summed E-state index contributed by atoms with van der Waals surface area (Å²) in [7, 11) is 3.91. The highest BCUT2D eigenvalue weighted by Crippen LogP contribution is 2.19. The molecule has 1 amide bonds. The molecule has 3 N–H and O–H groups in total. The molecule has 0 bridgehead atoms. The van der Waals surface area contributed by atoms with Crippen molar-refractivity contribution in [1.82, 2.24) is 10.3 Å². The molecule has 0 aliphatic rings. The largest absolute Gasteiger partial charge is 0.378 e. The quantitative estimate of drug-likeness (QED) is 0.238. The van der Waals surface area contributed by atoms with Crippen LogP contribution in [0.1, 0.15) is 41.3 Å². The normalized spacial score (nSPS) is 11.6. The van der Waals surface area contributed by atoms with Crippen molar-refractivity contribution in [2.24, 2.45) is 4.99 Å². The van der Waals surface area contributed by atoms with Gasteiger partial charge in [0, 0.05) is 54.7 Å². The Morgan fingerprint density at radius 2 is 1.77 bits per heavy atom. The molecular formula is C29H33N5O. The minimum Gasteiger partial charge on any atom is -0.378 e. The van der Waals surface area contributed by atoms with Crippen LogP contribution in [-0.2, 0) is 6.42 Å². The first-order valence-corrected chi connectivity index (χ1v) is 12.0. The second-order valence-corrected chi connectivity index (χ2v) is 9.14. The first-order valence-electron chi connectivity index (χ1n) is 12.0. The summed E-state index contributed by atoms with van der Waals surface area (Å²) in [6.45, 7) is 4.87. The molecule has 0 aliphatic heterocycles. The molecule has 1 heterocycles. The number of aliphatic imine (C=N–C) groups is 1. The molecule has 4 aromatic rings. The first-order chi connectivity index (χ1) is 16.9. The molecule has 0 radical (unpaired) electrons. The number of para-hydroxylation sites is 1. The van der Waals surface area contributed by atoms with Crippen LogP contribution in [0.25, 0.3) is 10.9 Å². The van der Waals surface area contributed by atoms with Crippen LogP contribution < -0.4 is 15.5 Å². The topological polar surface area (TPSA) is 72.5 Å². The van der Waals surface area contributed by atoms with Crippen LogP contribution in [0.2, 0.25) is 0 Å². The molecule has 0 spiro atoms. The number of anilines is 2.